The van der Waals surface area contributed by atoms with E-state index < -0.39 is 0 Å². The third-order valence-electron chi connectivity index (χ3n) is 2.63. The second kappa shape index (κ2) is 6.42. The lowest BCUT2D eigenvalue weighted by Gasteiger charge is -2.21. The molecule has 0 aliphatic heterocycles. The van der Waals surface area contributed by atoms with Crippen LogP contribution in [0.4, 0.5) is 0 Å². The molecular formula is C12H26O. The summed E-state index contributed by atoms with van der Waals surface area (Å²) in [5, 5.41) is 0. The van der Waals surface area contributed by atoms with Crippen LogP contribution in [-0.4, -0.2) is 12.7 Å². The highest BCUT2D eigenvalue weighted by atomic mass is 16.5. The maximum atomic E-state index is 5.58. The molecule has 2 atom stereocenters. The summed E-state index contributed by atoms with van der Waals surface area (Å²) in [5.41, 5.74) is 0. The average Bonchev–Trinajstić information content (AvgIpc) is 2.00. The van der Waals surface area contributed by atoms with E-state index >= 15 is 0 Å². The van der Waals surface area contributed by atoms with Gasteiger partial charge >= 0.3 is 0 Å². The van der Waals surface area contributed by atoms with Crippen molar-refractivity contribution in [1.29, 1.82) is 0 Å². The molecule has 0 saturated heterocycles. The zero-order valence-electron chi connectivity index (χ0n) is 10.1. The monoisotopic (exact) mass is 186 g/mol. The van der Waals surface area contributed by atoms with Gasteiger partial charge in [0.2, 0.25) is 0 Å². The molecule has 0 aliphatic carbocycles. The van der Waals surface area contributed by atoms with E-state index in [-0.39, 0.29) is 0 Å². The minimum Gasteiger partial charge on any atom is -0.379 e. The normalized spacial score (nSPS) is 16.6. The largest absolute Gasteiger partial charge is 0.379 e. The van der Waals surface area contributed by atoms with Crippen LogP contribution in [0.1, 0.15) is 48.0 Å². The predicted molar refractivity (Wildman–Crippen MR) is 58.9 cm³/mol. The summed E-state index contributed by atoms with van der Waals surface area (Å²) < 4.78 is 5.58. The van der Waals surface area contributed by atoms with E-state index in [1.165, 1.54) is 6.42 Å². The van der Waals surface area contributed by atoms with Crippen molar-refractivity contribution in [2.24, 2.45) is 17.8 Å². The van der Waals surface area contributed by atoms with E-state index in [0.29, 0.717) is 12.0 Å². The first-order valence-corrected chi connectivity index (χ1v) is 5.55. The lowest BCUT2D eigenvalue weighted by Crippen LogP contribution is -2.15. The van der Waals surface area contributed by atoms with Crippen LogP contribution >= 0.6 is 0 Å². The molecule has 0 bridgehead atoms. The van der Waals surface area contributed by atoms with Gasteiger partial charge in [0.1, 0.15) is 0 Å². The van der Waals surface area contributed by atoms with Gasteiger partial charge in [-0.15, -0.1) is 0 Å². The van der Waals surface area contributed by atoms with Gasteiger partial charge < -0.3 is 4.74 Å². The Hall–Kier alpha value is -0.0400. The van der Waals surface area contributed by atoms with Crippen molar-refractivity contribution < 1.29 is 4.74 Å². The molecule has 0 aromatic heterocycles. The van der Waals surface area contributed by atoms with E-state index in [0.717, 1.165) is 18.4 Å². The topological polar surface area (TPSA) is 9.23 Å². The van der Waals surface area contributed by atoms with Crippen molar-refractivity contribution in [2.45, 2.75) is 54.1 Å². The second-order valence-corrected chi connectivity index (χ2v) is 4.94. The van der Waals surface area contributed by atoms with Crippen LogP contribution in [0.25, 0.3) is 0 Å². The third-order valence-corrected chi connectivity index (χ3v) is 2.63. The molecular weight excluding hydrogens is 160 g/mol. The van der Waals surface area contributed by atoms with Crippen molar-refractivity contribution in [3.8, 4) is 0 Å². The smallest absolute Gasteiger partial charge is 0.0519 e. The second-order valence-electron chi connectivity index (χ2n) is 4.94. The highest BCUT2D eigenvalue weighted by Crippen LogP contribution is 2.19. The third kappa shape index (κ3) is 7.06. The molecule has 0 saturated carbocycles. The molecule has 1 heteroatoms. The Balaban J connectivity index is 3.55. The van der Waals surface area contributed by atoms with Crippen LogP contribution in [0.3, 0.4) is 0 Å². The van der Waals surface area contributed by atoms with Crippen LogP contribution in [0.2, 0.25) is 0 Å². The Morgan fingerprint density at radius 2 is 1.46 bits per heavy atom. The lowest BCUT2D eigenvalue weighted by atomic mass is 9.89. The minimum atomic E-state index is 0.372. The minimum absolute atomic E-state index is 0.372. The SMILES string of the molecule is CC(COC(C)C)CC(C)C(C)C. The van der Waals surface area contributed by atoms with E-state index in [2.05, 4.69) is 41.5 Å². The average molecular weight is 186 g/mol. The fourth-order valence-corrected chi connectivity index (χ4v) is 1.33. The summed E-state index contributed by atoms with van der Waals surface area (Å²) in [6.07, 6.45) is 1.65. The van der Waals surface area contributed by atoms with Crippen molar-refractivity contribution >= 4 is 0 Å². The standard InChI is InChI=1S/C12H26O/c1-9(2)12(6)7-11(5)8-13-10(3)4/h9-12H,7-8H2,1-6H3. The van der Waals surface area contributed by atoms with Crippen LogP contribution in [0.15, 0.2) is 0 Å². The lowest BCUT2D eigenvalue weighted by molar-refractivity contribution is 0.0481. The van der Waals surface area contributed by atoms with Crippen molar-refractivity contribution in [2.75, 3.05) is 6.61 Å². The molecule has 80 valence electrons. The quantitative estimate of drug-likeness (QED) is 0.614. The van der Waals surface area contributed by atoms with E-state index in [9.17, 15) is 0 Å². The van der Waals surface area contributed by atoms with Crippen LogP contribution in [-0.2, 0) is 4.74 Å². The molecule has 13 heavy (non-hydrogen) atoms. The van der Waals surface area contributed by atoms with Crippen LogP contribution in [0.5, 0.6) is 0 Å². The first-order chi connectivity index (χ1) is 5.93. The molecule has 0 radical (unpaired) electrons. The van der Waals surface area contributed by atoms with Gasteiger partial charge in [-0.25, -0.2) is 0 Å². The zero-order chi connectivity index (χ0) is 10.4. The Morgan fingerprint density at radius 1 is 0.923 bits per heavy atom. The summed E-state index contributed by atoms with van der Waals surface area (Å²) in [4.78, 5) is 0. The molecule has 0 rings (SSSR count). The molecule has 0 N–H and O–H groups in total. The number of hydrogen-bond acceptors (Lipinski definition) is 1. The maximum absolute atomic E-state index is 5.58. The summed E-state index contributed by atoms with van der Waals surface area (Å²) in [6.45, 7) is 14.3. The van der Waals surface area contributed by atoms with Crippen molar-refractivity contribution in [3.63, 3.8) is 0 Å². The molecule has 0 fully saturated rings. The summed E-state index contributed by atoms with van der Waals surface area (Å²) in [5.74, 6) is 2.30. The Morgan fingerprint density at radius 3 is 1.85 bits per heavy atom. The maximum Gasteiger partial charge on any atom is 0.0519 e. The fraction of sp³-hybridized carbons (Fsp3) is 1.00. The number of ether oxygens (including phenoxy) is 1. The van der Waals surface area contributed by atoms with Gasteiger partial charge in [-0.3, -0.25) is 0 Å². The molecule has 2 unspecified atom stereocenters. The first kappa shape index (κ1) is 13.0. The highest BCUT2D eigenvalue weighted by molar-refractivity contribution is 4.62. The predicted octanol–water partition coefficient (Wildman–Crippen LogP) is 3.73. The highest BCUT2D eigenvalue weighted by Gasteiger charge is 2.12. The summed E-state index contributed by atoms with van der Waals surface area (Å²) >= 11 is 0. The Bertz CT molecular complexity index is 118. The summed E-state index contributed by atoms with van der Waals surface area (Å²) in [6, 6.07) is 0. The van der Waals surface area contributed by atoms with Crippen LogP contribution in [0, 0.1) is 17.8 Å². The first-order valence-electron chi connectivity index (χ1n) is 5.55. The molecule has 1 nitrogen and oxygen atoms in total. The fourth-order valence-electron chi connectivity index (χ4n) is 1.33. The van der Waals surface area contributed by atoms with E-state index in [1.54, 1.807) is 0 Å². The van der Waals surface area contributed by atoms with E-state index in [1.807, 2.05) is 0 Å². The van der Waals surface area contributed by atoms with Crippen LogP contribution < -0.4 is 0 Å². The summed E-state index contributed by atoms with van der Waals surface area (Å²) in [7, 11) is 0. The van der Waals surface area contributed by atoms with Gasteiger partial charge in [0.05, 0.1) is 6.10 Å². The van der Waals surface area contributed by atoms with Crippen molar-refractivity contribution in [1.82, 2.24) is 0 Å². The Kier molecular flexibility index (Phi) is 6.40. The van der Waals surface area contributed by atoms with Gasteiger partial charge in [-0.1, -0.05) is 27.7 Å². The molecule has 0 amide bonds. The van der Waals surface area contributed by atoms with E-state index in [4.69, 9.17) is 4.74 Å². The van der Waals surface area contributed by atoms with Gasteiger partial charge in [0.15, 0.2) is 0 Å². The van der Waals surface area contributed by atoms with Crippen molar-refractivity contribution in [3.05, 3.63) is 0 Å². The zero-order valence-corrected chi connectivity index (χ0v) is 10.1. The molecule has 0 aromatic rings. The molecule has 0 aliphatic rings. The Labute approximate surface area is 83.9 Å². The number of hydrogen-bond donors (Lipinski definition) is 0. The molecule has 0 spiro atoms. The molecule has 0 heterocycles. The van der Waals surface area contributed by atoms with Gasteiger partial charge in [0, 0.05) is 6.61 Å². The van der Waals surface area contributed by atoms with Gasteiger partial charge in [-0.2, -0.15) is 0 Å². The van der Waals surface area contributed by atoms with Gasteiger partial charge in [0.25, 0.3) is 0 Å². The number of rotatable bonds is 6. The molecule has 0 aromatic carbocycles. The van der Waals surface area contributed by atoms with Gasteiger partial charge in [-0.05, 0) is 38.0 Å².